The van der Waals surface area contributed by atoms with Crippen LogP contribution in [0.1, 0.15) is 27.2 Å². The summed E-state index contributed by atoms with van der Waals surface area (Å²) in [6.45, 7) is 7.66. The molecule has 2 aromatic rings. The van der Waals surface area contributed by atoms with Gasteiger partial charge in [0.05, 0.1) is 12.1 Å². The molecule has 7 heteroatoms. The van der Waals surface area contributed by atoms with E-state index in [1.807, 2.05) is 50.7 Å². The van der Waals surface area contributed by atoms with E-state index in [-0.39, 0.29) is 6.09 Å². The second-order valence-corrected chi connectivity index (χ2v) is 8.51. The van der Waals surface area contributed by atoms with Gasteiger partial charge in [-0.3, -0.25) is 4.68 Å². The predicted octanol–water partition coefficient (Wildman–Crippen LogP) is 3.81. The van der Waals surface area contributed by atoms with Gasteiger partial charge in [-0.05, 0) is 68.0 Å². The van der Waals surface area contributed by atoms with E-state index in [1.165, 1.54) is 0 Å². The van der Waals surface area contributed by atoms with E-state index in [0.717, 1.165) is 33.3 Å². The van der Waals surface area contributed by atoms with Gasteiger partial charge in [0.25, 0.3) is 0 Å². The van der Waals surface area contributed by atoms with Gasteiger partial charge in [-0.2, -0.15) is 5.10 Å². The molecule has 6 nitrogen and oxygen atoms in total. The summed E-state index contributed by atoms with van der Waals surface area (Å²) in [6.07, 6.45) is 0.702. The van der Waals surface area contributed by atoms with Crippen molar-refractivity contribution in [1.29, 1.82) is 0 Å². The summed E-state index contributed by atoms with van der Waals surface area (Å²) >= 11 is 2.24. The van der Waals surface area contributed by atoms with Crippen molar-refractivity contribution in [2.24, 2.45) is 13.0 Å². The van der Waals surface area contributed by atoms with Crippen LogP contribution in [0.5, 0.6) is 5.75 Å². The third-order valence-corrected chi connectivity index (χ3v) is 5.00. The van der Waals surface area contributed by atoms with Gasteiger partial charge in [0, 0.05) is 31.4 Å². The molecule has 136 valence electrons. The van der Waals surface area contributed by atoms with Crippen LogP contribution < -0.4 is 4.74 Å². The Morgan fingerprint density at radius 1 is 1.40 bits per heavy atom. The number of aryl methyl sites for hydroxylation is 1. The van der Waals surface area contributed by atoms with E-state index < -0.39 is 5.60 Å². The van der Waals surface area contributed by atoms with Crippen LogP contribution in [0.3, 0.4) is 0 Å². The summed E-state index contributed by atoms with van der Waals surface area (Å²) in [5, 5.41) is 5.52. The fourth-order valence-corrected chi connectivity index (χ4v) is 3.72. The highest BCUT2D eigenvalue weighted by Gasteiger charge is 2.30. The van der Waals surface area contributed by atoms with Gasteiger partial charge in [-0.1, -0.05) is 0 Å². The highest BCUT2D eigenvalue weighted by molar-refractivity contribution is 14.1. The van der Waals surface area contributed by atoms with Crippen molar-refractivity contribution in [2.75, 3.05) is 19.7 Å². The molecule has 0 bridgehead atoms. The minimum absolute atomic E-state index is 0.235. The molecule has 3 rings (SSSR count). The minimum atomic E-state index is -0.456. The number of aromatic nitrogens is 2. The molecule has 0 saturated carbocycles. The van der Waals surface area contributed by atoms with Crippen molar-refractivity contribution in [2.45, 2.75) is 32.8 Å². The molecule has 0 aliphatic carbocycles. The predicted molar refractivity (Wildman–Crippen MR) is 105 cm³/mol. The Morgan fingerprint density at radius 3 is 2.88 bits per heavy atom. The quantitative estimate of drug-likeness (QED) is 0.658. The Balaban J connectivity index is 1.56. The molecule has 2 heterocycles. The highest BCUT2D eigenvalue weighted by Crippen LogP contribution is 2.26. The lowest BCUT2D eigenvalue weighted by Crippen LogP contribution is -2.35. The largest absolute Gasteiger partial charge is 0.493 e. The normalized spacial score (nSPS) is 18.0. The summed E-state index contributed by atoms with van der Waals surface area (Å²) < 4.78 is 14.2. The fraction of sp³-hybridized carbons (Fsp3) is 0.556. The van der Waals surface area contributed by atoms with E-state index in [1.54, 1.807) is 4.90 Å². The maximum absolute atomic E-state index is 12.1. The number of amides is 1. The monoisotopic (exact) mass is 457 g/mol. The average Bonchev–Trinajstić information content (AvgIpc) is 3.09. The molecule has 1 aliphatic rings. The highest BCUT2D eigenvalue weighted by atomic mass is 127. The van der Waals surface area contributed by atoms with Gasteiger partial charge in [0.15, 0.2) is 0 Å². The second kappa shape index (κ2) is 7.01. The van der Waals surface area contributed by atoms with Crippen LogP contribution in [0.2, 0.25) is 0 Å². The summed E-state index contributed by atoms with van der Waals surface area (Å²) in [6, 6.07) is 6.03. The van der Waals surface area contributed by atoms with E-state index in [4.69, 9.17) is 9.47 Å². The smallest absolute Gasteiger partial charge is 0.410 e. The molecular formula is C18H24IN3O3. The molecule has 1 atom stereocenters. The number of halogens is 1. The van der Waals surface area contributed by atoms with Crippen LogP contribution in [0.4, 0.5) is 4.79 Å². The lowest BCUT2D eigenvalue weighted by molar-refractivity contribution is 0.0285. The molecule has 1 amide bonds. The Labute approximate surface area is 161 Å². The number of fused-ring (bicyclic) bond motifs is 1. The zero-order valence-electron chi connectivity index (χ0n) is 15.1. The number of hydrogen-bond acceptors (Lipinski definition) is 4. The standard InChI is InChI=1S/C18H24IN3O3/c1-18(2,3)25-17(23)22-8-7-12(10-22)11-24-13-5-6-15-14(9-13)16(19)20-21(15)4/h5-6,9,12H,7-8,10-11H2,1-4H3/t12-/m1/s1. The van der Waals surface area contributed by atoms with Crippen molar-refractivity contribution in [3.8, 4) is 5.75 Å². The van der Waals surface area contributed by atoms with Gasteiger partial charge in [-0.15, -0.1) is 0 Å². The average molecular weight is 457 g/mol. The first-order valence-corrected chi connectivity index (χ1v) is 9.54. The summed E-state index contributed by atoms with van der Waals surface area (Å²) in [7, 11) is 1.94. The van der Waals surface area contributed by atoms with E-state index in [0.29, 0.717) is 19.1 Å². The first kappa shape index (κ1) is 18.3. The van der Waals surface area contributed by atoms with Crippen LogP contribution in [0.25, 0.3) is 10.9 Å². The third kappa shape index (κ3) is 4.37. The molecule has 0 N–H and O–H groups in total. The second-order valence-electron chi connectivity index (χ2n) is 7.49. The van der Waals surface area contributed by atoms with Crippen LogP contribution in [-0.4, -0.2) is 46.1 Å². The Hall–Kier alpha value is -1.51. The lowest BCUT2D eigenvalue weighted by atomic mass is 10.1. The number of hydrogen-bond donors (Lipinski definition) is 0. The fourth-order valence-electron chi connectivity index (χ4n) is 2.97. The van der Waals surface area contributed by atoms with Crippen LogP contribution in [-0.2, 0) is 11.8 Å². The van der Waals surface area contributed by atoms with Crippen molar-refractivity contribution in [3.63, 3.8) is 0 Å². The SMILES string of the molecule is Cn1nc(I)c2cc(OC[C@@H]3CCN(C(=O)OC(C)(C)C)C3)ccc21. The van der Waals surface area contributed by atoms with Crippen molar-refractivity contribution >= 4 is 39.6 Å². The first-order valence-electron chi connectivity index (χ1n) is 8.46. The summed E-state index contributed by atoms with van der Waals surface area (Å²) in [5.74, 6) is 1.17. The van der Waals surface area contributed by atoms with Crippen molar-refractivity contribution < 1.29 is 14.3 Å². The molecule has 0 radical (unpaired) electrons. The number of likely N-dealkylation sites (tertiary alicyclic amines) is 1. The zero-order valence-corrected chi connectivity index (χ0v) is 17.2. The van der Waals surface area contributed by atoms with Gasteiger partial charge < -0.3 is 14.4 Å². The van der Waals surface area contributed by atoms with Gasteiger partial charge in [0.1, 0.15) is 15.1 Å². The number of ether oxygens (including phenoxy) is 2. The van der Waals surface area contributed by atoms with Crippen LogP contribution in [0.15, 0.2) is 18.2 Å². The summed E-state index contributed by atoms with van der Waals surface area (Å²) in [4.78, 5) is 13.9. The van der Waals surface area contributed by atoms with Gasteiger partial charge >= 0.3 is 6.09 Å². The molecular weight excluding hydrogens is 433 g/mol. The summed E-state index contributed by atoms with van der Waals surface area (Å²) in [5.41, 5.74) is 0.635. The Bertz CT molecular complexity index is 782. The topological polar surface area (TPSA) is 56.6 Å². The molecule has 1 aliphatic heterocycles. The third-order valence-electron chi connectivity index (χ3n) is 4.20. The molecule has 0 spiro atoms. The van der Waals surface area contributed by atoms with E-state index in [9.17, 15) is 4.79 Å². The lowest BCUT2D eigenvalue weighted by Gasteiger charge is -2.24. The number of carbonyl (C=O) groups excluding carboxylic acids is 1. The Kier molecular flexibility index (Phi) is 5.13. The molecule has 25 heavy (non-hydrogen) atoms. The van der Waals surface area contributed by atoms with Gasteiger partial charge in [-0.25, -0.2) is 4.79 Å². The number of rotatable bonds is 3. The first-order chi connectivity index (χ1) is 11.7. The molecule has 1 saturated heterocycles. The van der Waals surface area contributed by atoms with E-state index in [2.05, 4.69) is 27.7 Å². The van der Waals surface area contributed by atoms with Crippen molar-refractivity contribution in [3.05, 3.63) is 21.9 Å². The Morgan fingerprint density at radius 2 is 2.16 bits per heavy atom. The molecule has 0 unspecified atom stereocenters. The number of nitrogens with zero attached hydrogens (tertiary/aromatic N) is 3. The van der Waals surface area contributed by atoms with Crippen LogP contribution in [0, 0.1) is 9.62 Å². The number of benzene rings is 1. The molecule has 1 aromatic carbocycles. The number of carbonyl (C=O) groups is 1. The minimum Gasteiger partial charge on any atom is -0.493 e. The maximum Gasteiger partial charge on any atom is 0.410 e. The molecule has 1 aromatic heterocycles. The zero-order chi connectivity index (χ0) is 18.2. The maximum atomic E-state index is 12.1. The van der Waals surface area contributed by atoms with Gasteiger partial charge in [0.2, 0.25) is 0 Å². The molecule has 1 fully saturated rings. The van der Waals surface area contributed by atoms with Crippen molar-refractivity contribution in [1.82, 2.24) is 14.7 Å². The van der Waals surface area contributed by atoms with Crippen LogP contribution >= 0.6 is 22.6 Å². The van der Waals surface area contributed by atoms with E-state index >= 15 is 0 Å².